The summed E-state index contributed by atoms with van der Waals surface area (Å²) in [6.07, 6.45) is 2.29. The number of anilines is 1. The van der Waals surface area contributed by atoms with Crippen LogP contribution in [0.3, 0.4) is 0 Å². The molecule has 0 aliphatic carbocycles. The fraction of sp³-hybridized carbons (Fsp3) is 0.562. The first-order valence-corrected chi connectivity index (χ1v) is 7.59. The van der Waals surface area contributed by atoms with E-state index in [1.807, 2.05) is 0 Å². The van der Waals surface area contributed by atoms with E-state index in [4.69, 9.17) is 5.73 Å². The lowest BCUT2D eigenvalue weighted by Gasteiger charge is -2.12. The second-order valence-electron chi connectivity index (χ2n) is 5.45. The van der Waals surface area contributed by atoms with Gasteiger partial charge in [-0.2, -0.15) is 0 Å². The number of halogens is 1. The van der Waals surface area contributed by atoms with Gasteiger partial charge in [0, 0.05) is 18.8 Å². The van der Waals surface area contributed by atoms with Crippen molar-refractivity contribution in [2.45, 2.75) is 26.7 Å². The van der Waals surface area contributed by atoms with Crippen molar-refractivity contribution >= 4 is 35.6 Å². The summed E-state index contributed by atoms with van der Waals surface area (Å²) in [7, 11) is 0. The van der Waals surface area contributed by atoms with Crippen LogP contribution in [-0.4, -0.2) is 37.0 Å². The van der Waals surface area contributed by atoms with Gasteiger partial charge in [-0.15, -0.1) is 24.0 Å². The van der Waals surface area contributed by atoms with Gasteiger partial charge in [0.2, 0.25) is 0 Å². The number of rotatable bonds is 5. The summed E-state index contributed by atoms with van der Waals surface area (Å²) in [5.41, 5.74) is 8.28. The highest BCUT2D eigenvalue weighted by Gasteiger charge is 2.20. The minimum Gasteiger partial charge on any atom is -0.370 e. The maximum absolute atomic E-state index is 5.95. The molecule has 21 heavy (non-hydrogen) atoms. The molecule has 0 bridgehead atoms. The third-order valence-electron chi connectivity index (χ3n) is 3.97. The van der Waals surface area contributed by atoms with Crippen molar-refractivity contribution in [3.63, 3.8) is 0 Å². The molecule has 2 rings (SSSR count). The van der Waals surface area contributed by atoms with Crippen LogP contribution in [0, 0.1) is 5.92 Å². The van der Waals surface area contributed by atoms with E-state index in [9.17, 15) is 0 Å². The van der Waals surface area contributed by atoms with Crippen molar-refractivity contribution < 1.29 is 0 Å². The van der Waals surface area contributed by atoms with E-state index in [2.05, 4.69) is 53.3 Å². The van der Waals surface area contributed by atoms with Crippen LogP contribution in [0.4, 0.5) is 5.69 Å². The molecule has 1 aromatic rings. The molecular weight excluding hydrogens is 375 g/mol. The summed E-state index contributed by atoms with van der Waals surface area (Å²) < 4.78 is 0. The maximum atomic E-state index is 5.95. The Bertz CT molecular complexity index is 444. The van der Waals surface area contributed by atoms with Gasteiger partial charge in [0.15, 0.2) is 5.96 Å². The zero-order valence-corrected chi connectivity index (χ0v) is 15.3. The van der Waals surface area contributed by atoms with Crippen LogP contribution in [0.2, 0.25) is 0 Å². The van der Waals surface area contributed by atoms with Crippen molar-refractivity contribution in [3.05, 3.63) is 29.8 Å². The zero-order chi connectivity index (χ0) is 14.4. The quantitative estimate of drug-likeness (QED) is 0.453. The van der Waals surface area contributed by atoms with Gasteiger partial charge in [0.1, 0.15) is 0 Å². The van der Waals surface area contributed by atoms with Crippen LogP contribution in [0.15, 0.2) is 29.3 Å². The second-order valence-corrected chi connectivity index (χ2v) is 5.45. The molecular formula is C16H27IN4. The fourth-order valence-corrected chi connectivity index (χ4v) is 2.59. The molecule has 1 saturated heterocycles. The number of benzene rings is 1. The largest absolute Gasteiger partial charge is 0.370 e. The van der Waals surface area contributed by atoms with Gasteiger partial charge in [-0.25, -0.2) is 0 Å². The predicted molar refractivity (Wildman–Crippen MR) is 102 cm³/mol. The van der Waals surface area contributed by atoms with Crippen molar-refractivity contribution in [2.24, 2.45) is 16.6 Å². The van der Waals surface area contributed by atoms with Gasteiger partial charge in [-0.3, -0.25) is 4.99 Å². The second kappa shape index (κ2) is 9.25. The van der Waals surface area contributed by atoms with Crippen molar-refractivity contribution in [2.75, 3.05) is 31.5 Å². The Labute approximate surface area is 145 Å². The number of guanidine groups is 1. The van der Waals surface area contributed by atoms with Crippen molar-refractivity contribution in [1.29, 1.82) is 0 Å². The van der Waals surface area contributed by atoms with E-state index in [1.165, 1.54) is 18.5 Å². The van der Waals surface area contributed by atoms with E-state index in [-0.39, 0.29) is 24.0 Å². The molecule has 1 aliphatic rings. The molecule has 1 aliphatic heterocycles. The molecule has 0 radical (unpaired) electrons. The van der Waals surface area contributed by atoms with E-state index in [1.54, 1.807) is 0 Å². The first-order valence-electron chi connectivity index (χ1n) is 7.59. The number of nitrogens with two attached hydrogens (primary N) is 1. The summed E-state index contributed by atoms with van der Waals surface area (Å²) >= 11 is 0. The van der Waals surface area contributed by atoms with Crippen molar-refractivity contribution in [3.8, 4) is 0 Å². The highest BCUT2D eigenvalue weighted by molar-refractivity contribution is 14.0. The number of aliphatic imine (C=N–C) groups is 1. The van der Waals surface area contributed by atoms with Gasteiger partial charge in [0.25, 0.3) is 0 Å². The number of likely N-dealkylation sites (tertiary alicyclic amines) is 1. The van der Waals surface area contributed by atoms with Gasteiger partial charge in [-0.05, 0) is 49.5 Å². The summed E-state index contributed by atoms with van der Waals surface area (Å²) in [5, 5.41) is 3.16. The van der Waals surface area contributed by atoms with Gasteiger partial charge >= 0.3 is 0 Å². The number of hydrogen-bond acceptors (Lipinski definition) is 2. The molecule has 1 heterocycles. The number of nitrogens with zero attached hydrogens (tertiary/aromatic N) is 2. The minimum absolute atomic E-state index is 0. The summed E-state index contributed by atoms with van der Waals surface area (Å²) in [5.74, 6) is 1.17. The zero-order valence-electron chi connectivity index (χ0n) is 13.0. The molecule has 1 atom stereocenters. The molecule has 3 N–H and O–H groups in total. The van der Waals surface area contributed by atoms with Gasteiger partial charge < -0.3 is 16.0 Å². The Morgan fingerprint density at radius 2 is 2.05 bits per heavy atom. The molecule has 4 nitrogen and oxygen atoms in total. The summed E-state index contributed by atoms with van der Waals surface area (Å²) in [4.78, 5) is 6.93. The Hall–Kier alpha value is -0.820. The number of aryl methyl sites for hydroxylation is 1. The van der Waals surface area contributed by atoms with E-state index in [0.29, 0.717) is 11.9 Å². The molecule has 0 aromatic heterocycles. The maximum Gasteiger partial charge on any atom is 0.193 e. The first kappa shape index (κ1) is 18.2. The molecule has 0 spiro atoms. The highest BCUT2D eigenvalue weighted by atomic mass is 127. The summed E-state index contributed by atoms with van der Waals surface area (Å²) in [6.45, 7) is 8.67. The monoisotopic (exact) mass is 402 g/mol. The van der Waals surface area contributed by atoms with Crippen molar-refractivity contribution in [1.82, 2.24) is 4.90 Å². The summed E-state index contributed by atoms with van der Waals surface area (Å²) in [6, 6.07) is 8.34. The molecule has 0 saturated carbocycles. The highest BCUT2D eigenvalue weighted by Crippen LogP contribution is 2.16. The van der Waals surface area contributed by atoms with Crippen LogP contribution >= 0.6 is 24.0 Å². The van der Waals surface area contributed by atoms with Gasteiger partial charge in [0.05, 0.1) is 0 Å². The Morgan fingerprint density at radius 1 is 1.33 bits per heavy atom. The Morgan fingerprint density at radius 3 is 2.62 bits per heavy atom. The number of nitrogens with one attached hydrogen (secondary N) is 1. The SMILES string of the molecule is CCc1ccc(NC(N)=NCC2CCN(CC)C2)cc1.I. The molecule has 118 valence electrons. The molecule has 1 unspecified atom stereocenters. The fourth-order valence-electron chi connectivity index (χ4n) is 2.59. The lowest BCUT2D eigenvalue weighted by molar-refractivity contribution is 0.344. The van der Waals surface area contributed by atoms with Gasteiger partial charge in [-0.1, -0.05) is 26.0 Å². The Kier molecular flexibility index (Phi) is 8.03. The lowest BCUT2D eigenvalue weighted by Crippen LogP contribution is -2.25. The first-order chi connectivity index (χ1) is 9.71. The van der Waals surface area contributed by atoms with E-state index >= 15 is 0 Å². The van der Waals surface area contributed by atoms with Crippen LogP contribution in [0.5, 0.6) is 0 Å². The molecule has 5 heteroatoms. The predicted octanol–water partition coefficient (Wildman–Crippen LogP) is 2.94. The molecule has 1 fully saturated rings. The number of hydrogen-bond donors (Lipinski definition) is 2. The lowest BCUT2D eigenvalue weighted by atomic mass is 10.1. The van der Waals surface area contributed by atoms with Crippen LogP contribution in [0.25, 0.3) is 0 Å². The smallest absolute Gasteiger partial charge is 0.193 e. The third kappa shape index (κ3) is 5.82. The van der Waals surface area contributed by atoms with Crippen LogP contribution in [0.1, 0.15) is 25.8 Å². The van der Waals surface area contributed by atoms with E-state index in [0.717, 1.165) is 31.7 Å². The minimum atomic E-state index is 0. The average Bonchev–Trinajstić information content (AvgIpc) is 2.94. The third-order valence-corrected chi connectivity index (χ3v) is 3.97. The normalized spacial score (nSPS) is 19.3. The molecule has 1 aromatic carbocycles. The molecule has 0 amide bonds. The standard InChI is InChI=1S/C16H26N4.HI/c1-3-13-5-7-15(8-6-13)19-16(17)18-11-14-9-10-20(4-2)12-14;/h5-8,14H,3-4,9-12H2,1-2H3,(H3,17,18,19);1H. The van der Waals surface area contributed by atoms with Crippen LogP contribution < -0.4 is 11.1 Å². The van der Waals surface area contributed by atoms with Crippen LogP contribution in [-0.2, 0) is 6.42 Å². The average molecular weight is 402 g/mol. The van der Waals surface area contributed by atoms with E-state index < -0.39 is 0 Å². The Balaban J connectivity index is 0.00000220. The topological polar surface area (TPSA) is 53.6 Å².